The fourth-order valence-corrected chi connectivity index (χ4v) is 1.31. The molecule has 8 heteroatoms. The Balaban J connectivity index is 2.00. The molecule has 0 radical (unpaired) electrons. The van der Waals surface area contributed by atoms with Gasteiger partial charge in [-0.15, -0.1) is 0 Å². The lowest BCUT2D eigenvalue weighted by atomic mass is 10.3. The smallest absolute Gasteiger partial charge is 0.333 e. The Morgan fingerprint density at radius 3 is 2.76 bits per heavy atom. The fourth-order valence-electron chi connectivity index (χ4n) is 1.31. The van der Waals surface area contributed by atoms with E-state index < -0.39 is 12.5 Å². The summed E-state index contributed by atoms with van der Waals surface area (Å²) in [6.07, 6.45) is 2.51. The molecule has 2 aromatic heterocycles. The van der Waals surface area contributed by atoms with E-state index in [4.69, 9.17) is 0 Å². The third kappa shape index (κ3) is 2.40. The number of halogens is 3. The van der Waals surface area contributed by atoms with Crippen LogP contribution in [0.15, 0.2) is 18.5 Å². The van der Waals surface area contributed by atoms with Crippen molar-refractivity contribution < 1.29 is 13.2 Å². The van der Waals surface area contributed by atoms with E-state index in [2.05, 4.69) is 15.5 Å². The predicted octanol–water partition coefficient (Wildman–Crippen LogP) is 1.76. The molecule has 0 aromatic carbocycles. The predicted molar refractivity (Wildman–Crippen MR) is 54.0 cm³/mol. The summed E-state index contributed by atoms with van der Waals surface area (Å²) in [6, 6.07) is 1.39. The Hall–Kier alpha value is -1.99. The van der Waals surface area contributed by atoms with Gasteiger partial charge in [0, 0.05) is 31.4 Å². The number of hydrogen-bond acceptors (Lipinski definition) is 3. The first-order valence-electron chi connectivity index (χ1n) is 4.81. The molecule has 2 rings (SSSR count). The monoisotopic (exact) mass is 245 g/mol. The second-order valence-corrected chi connectivity index (χ2v) is 3.40. The normalized spacial score (nSPS) is 11.1. The summed E-state index contributed by atoms with van der Waals surface area (Å²) in [5.74, 6) is -0.209. The molecule has 2 heterocycles. The highest BCUT2D eigenvalue weighted by molar-refractivity contribution is 5.33. The van der Waals surface area contributed by atoms with Gasteiger partial charge in [0.25, 0.3) is 0 Å². The minimum absolute atomic E-state index is 0.139. The topological polar surface area (TPSA) is 47.7 Å². The van der Waals surface area contributed by atoms with Crippen molar-refractivity contribution in [1.82, 2.24) is 19.6 Å². The molecule has 1 N–H and O–H groups in total. The van der Waals surface area contributed by atoms with E-state index in [-0.39, 0.29) is 12.4 Å². The van der Waals surface area contributed by atoms with E-state index >= 15 is 0 Å². The lowest BCUT2D eigenvalue weighted by molar-refractivity contribution is 0.0569. The molecule has 0 amide bonds. The standard InChI is InChI=1S/C9H10F3N5/c1-16-8(10)6(5-14-16)4-13-7-2-3-17(15-7)9(11)12/h2-3,5,9H,4H2,1H3,(H,13,15). The van der Waals surface area contributed by atoms with Crippen molar-refractivity contribution in [2.24, 2.45) is 7.05 Å². The van der Waals surface area contributed by atoms with Crippen LogP contribution in [0.5, 0.6) is 0 Å². The Labute approximate surface area is 94.8 Å². The lowest BCUT2D eigenvalue weighted by Crippen LogP contribution is -2.04. The van der Waals surface area contributed by atoms with Crippen molar-refractivity contribution in [2.75, 3.05) is 5.32 Å². The second-order valence-electron chi connectivity index (χ2n) is 3.40. The van der Waals surface area contributed by atoms with Gasteiger partial charge in [-0.25, -0.2) is 9.36 Å². The average Bonchev–Trinajstić information content (AvgIpc) is 2.86. The van der Waals surface area contributed by atoms with Crippen LogP contribution < -0.4 is 5.32 Å². The Morgan fingerprint density at radius 1 is 1.47 bits per heavy atom. The Bertz CT molecular complexity index is 504. The van der Waals surface area contributed by atoms with E-state index in [0.717, 1.165) is 10.9 Å². The molecular weight excluding hydrogens is 235 g/mol. The highest BCUT2D eigenvalue weighted by Crippen LogP contribution is 2.13. The minimum atomic E-state index is -2.68. The van der Waals surface area contributed by atoms with Crippen LogP contribution in [-0.2, 0) is 13.6 Å². The van der Waals surface area contributed by atoms with Crippen molar-refractivity contribution in [2.45, 2.75) is 13.1 Å². The average molecular weight is 245 g/mol. The van der Waals surface area contributed by atoms with Crippen molar-refractivity contribution in [3.05, 3.63) is 30.0 Å². The van der Waals surface area contributed by atoms with Gasteiger partial charge in [-0.05, 0) is 0 Å². The first-order chi connectivity index (χ1) is 8.08. The van der Waals surface area contributed by atoms with Crippen LogP contribution in [0.2, 0.25) is 0 Å². The van der Waals surface area contributed by atoms with E-state index in [9.17, 15) is 13.2 Å². The summed E-state index contributed by atoms with van der Waals surface area (Å²) >= 11 is 0. The molecule has 0 saturated carbocycles. The zero-order chi connectivity index (χ0) is 12.4. The van der Waals surface area contributed by atoms with Crippen LogP contribution >= 0.6 is 0 Å². The van der Waals surface area contributed by atoms with Gasteiger partial charge in [0.15, 0.2) is 0 Å². The zero-order valence-electron chi connectivity index (χ0n) is 8.94. The highest BCUT2D eigenvalue weighted by Gasteiger charge is 2.09. The van der Waals surface area contributed by atoms with Gasteiger partial charge in [-0.2, -0.15) is 23.4 Å². The van der Waals surface area contributed by atoms with Gasteiger partial charge in [0.2, 0.25) is 5.95 Å². The van der Waals surface area contributed by atoms with Gasteiger partial charge in [-0.1, -0.05) is 0 Å². The Kier molecular flexibility index (Phi) is 3.03. The number of aryl methyl sites for hydroxylation is 1. The lowest BCUT2D eigenvalue weighted by Gasteiger charge is -2.01. The maximum absolute atomic E-state index is 13.3. The molecular formula is C9H10F3N5. The molecule has 0 unspecified atom stereocenters. The van der Waals surface area contributed by atoms with Crippen LogP contribution in [-0.4, -0.2) is 19.6 Å². The molecule has 5 nitrogen and oxygen atoms in total. The summed E-state index contributed by atoms with van der Waals surface area (Å²) in [5.41, 5.74) is 0.346. The molecule has 0 aliphatic heterocycles. The summed E-state index contributed by atoms with van der Waals surface area (Å²) in [4.78, 5) is 0. The molecule has 2 aromatic rings. The third-order valence-electron chi connectivity index (χ3n) is 2.20. The van der Waals surface area contributed by atoms with Crippen LogP contribution in [0.25, 0.3) is 0 Å². The zero-order valence-corrected chi connectivity index (χ0v) is 8.94. The van der Waals surface area contributed by atoms with Gasteiger partial charge in [0.05, 0.1) is 6.20 Å². The van der Waals surface area contributed by atoms with E-state index in [1.165, 1.54) is 19.3 Å². The number of hydrogen-bond donors (Lipinski definition) is 1. The fraction of sp³-hybridized carbons (Fsp3) is 0.333. The van der Waals surface area contributed by atoms with Crippen LogP contribution in [0.3, 0.4) is 0 Å². The number of nitrogens with one attached hydrogen (secondary N) is 1. The van der Waals surface area contributed by atoms with Crippen LogP contribution in [0.4, 0.5) is 19.0 Å². The van der Waals surface area contributed by atoms with Gasteiger partial charge >= 0.3 is 6.55 Å². The molecule has 0 saturated heterocycles. The van der Waals surface area contributed by atoms with Crippen molar-refractivity contribution in [3.8, 4) is 0 Å². The first-order valence-corrected chi connectivity index (χ1v) is 4.81. The van der Waals surface area contributed by atoms with Crippen LogP contribution in [0, 0.1) is 5.95 Å². The second kappa shape index (κ2) is 4.48. The molecule has 17 heavy (non-hydrogen) atoms. The molecule has 0 aliphatic carbocycles. The Morgan fingerprint density at radius 2 is 2.24 bits per heavy atom. The molecule has 0 aliphatic rings. The van der Waals surface area contributed by atoms with E-state index in [1.54, 1.807) is 0 Å². The van der Waals surface area contributed by atoms with Gasteiger partial charge in [0.1, 0.15) is 5.82 Å². The van der Waals surface area contributed by atoms with E-state index in [1.807, 2.05) is 0 Å². The quantitative estimate of drug-likeness (QED) is 0.892. The highest BCUT2D eigenvalue weighted by atomic mass is 19.3. The van der Waals surface area contributed by atoms with Gasteiger partial charge in [-0.3, -0.25) is 0 Å². The van der Waals surface area contributed by atoms with E-state index in [0.29, 0.717) is 10.2 Å². The molecule has 92 valence electrons. The summed E-state index contributed by atoms with van der Waals surface area (Å²) < 4.78 is 39.3. The number of alkyl halides is 2. The molecule has 0 fully saturated rings. The van der Waals surface area contributed by atoms with Crippen molar-refractivity contribution in [1.29, 1.82) is 0 Å². The van der Waals surface area contributed by atoms with Gasteiger partial charge < -0.3 is 5.32 Å². The number of aromatic nitrogens is 4. The van der Waals surface area contributed by atoms with Crippen molar-refractivity contribution in [3.63, 3.8) is 0 Å². The molecule has 0 atom stereocenters. The van der Waals surface area contributed by atoms with Crippen LogP contribution in [0.1, 0.15) is 12.1 Å². The largest absolute Gasteiger partial charge is 0.364 e. The van der Waals surface area contributed by atoms with Crippen molar-refractivity contribution >= 4 is 5.82 Å². The first kappa shape index (κ1) is 11.5. The summed E-state index contributed by atoms with van der Waals surface area (Å²) in [7, 11) is 1.48. The SMILES string of the molecule is Cn1ncc(CNc2ccn(C(F)F)n2)c1F. The number of anilines is 1. The molecule has 0 spiro atoms. The minimum Gasteiger partial charge on any atom is -0.364 e. The maximum atomic E-state index is 13.3. The number of rotatable bonds is 4. The number of nitrogens with zero attached hydrogens (tertiary/aromatic N) is 4. The molecule has 0 bridgehead atoms. The third-order valence-corrected chi connectivity index (χ3v) is 2.20. The summed E-state index contributed by atoms with van der Waals surface area (Å²) in [6.45, 7) is -2.54. The maximum Gasteiger partial charge on any atom is 0.333 e. The summed E-state index contributed by atoms with van der Waals surface area (Å²) in [5, 5.41) is 10.0.